The van der Waals surface area contributed by atoms with Crippen LogP contribution in [0.2, 0.25) is 0 Å². The van der Waals surface area contributed by atoms with Gasteiger partial charge in [-0.05, 0) is 37.7 Å². The molecule has 2 fully saturated rings. The van der Waals surface area contributed by atoms with Gasteiger partial charge in [-0.2, -0.15) is 18.2 Å². The summed E-state index contributed by atoms with van der Waals surface area (Å²) in [6, 6.07) is 2.11. The van der Waals surface area contributed by atoms with E-state index >= 15 is 0 Å². The van der Waals surface area contributed by atoms with Crippen LogP contribution in [0.4, 0.5) is 24.9 Å². The molecule has 40 heavy (non-hydrogen) atoms. The van der Waals surface area contributed by atoms with E-state index in [9.17, 15) is 18.0 Å². The van der Waals surface area contributed by atoms with Crippen molar-refractivity contribution in [1.29, 1.82) is 0 Å². The van der Waals surface area contributed by atoms with Crippen LogP contribution >= 0.6 is 11.3 Å². The van der Waals surface area contributed by atoms with Gasteiger partial charge in [-0.25, -0.2) is 4.98 Å². The monoisotopic (exact) mass is 576 g/mol. The first-order valence-electron chi connectivity index (χ1n) is 14.4. The molecule has 3 aliphatic rings. The first-order chi connectivity index (χ1) is 19.3. The molecule has 1 saturated heterocycles. The first-order valence-corrected chi connectivity index (χ1v) is 15.2. The van der Waals surface area contributed by atoms with Gasteiger partial charge in [0.2, 0.25) is 17.7 Å². The Balaban J connectivity index is 1.22. The number of thiophene rings is 1. The number of aromatic nitrogens is 5. The van der Waals surface area contributed by atoms with Crippen LogP contribution in [0.5, 0.6) is 0 Å². The van der Waals surface area contributed by atoms with E-state index in [0.717, 1.165) is 40.6 Å². The van der Waals surface area contributed by atoms with Crippen LogP contribution in [-0.2, 0) is 30.5 Å². The topological polar surface area (TPSA) is 92.1 Å². The Morgan fingerprint density at radius 1 is 1.07 bits per heavy atom. The van der Waals surface area contributed by atoms with Gasteiger partial charge in [0, 0.05) is 37.6 Å². The summed E-state index contributed by atoms with van der Waals surface area (Å²) >= 11 is 1.63. The van der Waals surface area contributed by atoms with Gasteiger partial charge in [0.15, 0.2) is 5.82 Å². The number of hydrogen-bond donors (Lipinski definition) is 1. The van der Waals surface area contributed by atoms with Crippen LogP contribution in [0.3, 0.4) is 0 Å². The van der Waals surface area contributed by atoms with Crippen LogP contribution in [0.1, 0.15) is 68.4 Å². The minimum Gasteiger partial charge on any atom is -0.356 e. The van der Waals surface area contributed by atoms with Crippen molar-refractivity contribution in [2.75, 3.05) is 36.0 Å². The van der Waals surface area contributed by atoms with Crippen LogP contribution in [-0.4, -0.2) is 56.8 Å². The number of halogens is 3. The third-order valence-electron chi connectivity index (χ3n) is 8.35. The molecule has 2 aliphatic heterocycles. The number of alkyl halides is 3. The van der Waals surface area contributed by atoms with Crippen LogP contribution in [0.25, 0.3) is 10.2 Å². The zero-order chi connectivity index (χ0) is 27.9. The van der Waals surface area contributed by atoms with Crippen LogP contribution < -0.4 is 15.1 Å². The standard InChI is InChI=1S/C27H35F3N8OS/c1-2-6-19-13-20-22(36-11-12-38-21(16-36)34-35-25(38)27(28,29)30)32-26(33-24(20)40-19)37-10-9-18(15-37)23(39)31-14-17-7-4-3-5-8-17/h13,17-18H,2-12,14-16H2,1H3,(H,31,39)/t18-/m0/s1. The molecule has 6 rings (SSSR count). The fourth-order valence-corrected chi connectivity index (χ4v) is 7.30. The molecule has 0 unspecified atom stereocenters. The fraction of sp³-hybridized carbons (Fsp3) is 0.667. The molecule has 13 heteroatoms. The van der Waals surface area contributed by atoms with Crippen molar-refractivity contribution >= 4 is 39.2 Å². The summed E-state index contributed by atoms with van der Waals surface area (Å²) in [5.74, 6) is 1.16. The first kappa shape index (κ1) is 27.2. The molecule has 1 aliphatic carbocycles. The lowest BCUT2D eigenvalue weighted by Crippen LogP contribution is -2.37. The van der Waals surface area contributed by atoms with E-state index in [-0.39, 0.29) is 30.7 Å². The zero-order valence-corrected chi connectivity index (χ0v) is 23.5. The molecule has 0 aromatic carbocycles. The number of amides is 1. The van der Waals surface area contributed by atoms with E-state index in [4.69, 9.17) is 9.97 Å². The summed E-state index contributed by atoms with van der Waals surface area (Å²) in [7, 11) is 0. The van der Waals surface area contributed by atoms with E-state index in [1.54, 1.807) is 11.3 Å². The number of fused-ring (bicyclic) bond motifs is 2. The molecule has 3 aromatic rings. The third-order valence-corrected chi connectivity index (χ3v) is 9.43. The lowest BCUT2D eigenvalue weighted by molar-refractivity contribution is -0.147. The van der Waals surface area contributed by atoms with Gasteiger partial charge in [0.1, 0.15) is 10.6 Å². The van der Waals surface area contributed by atoms with E-state index < -0.39 is 12.0 Å². The average Bonchev–Trinajstić information content (AvgIpc) is 3.69. The quantitative estimate of drug-likeness (QED) is 0.432. The number of carbonyl (C=O) groups is 1. The van der Waals surface area contributed by atoms with Crippen LogP contribution in [0.15, 0.2) is 6.07 Å². The average molecular weight is 577 g/mol. The van der Waals surface area contributed by atoms with Crippen molar-refractivity contribution in [3.63, 3.8) is 0 Å². The number of anilines is 2. The molecule has 0 bridgehead atoms. The molecule has 1 N–H and O–H groups in total. The van der Waals surface area contributed by atoms with Crippen molar-refractivity contribution in [3.8, 4) is 0 Å². The van der Waals surface area contributed by atoms with Crippen molar-refractivity contribution in [1.82, 2.24) is 30.0 Å². The van der Waals surface area contributed by atoms with Crippen LogP contribution in [0, 0.1) is 11.8 Å². The molecule has 1 amide bonds. The Kier molecular flexibility index (Phi) is 7.58. The normalized spacial score (nSPS) is 20.4. The molecular formula is C27H35F3N8OS. The van der Waals surface area contributed by atoms with Crippen molar-refractivity contribution < 1.29 is 18.0 Å². The maximum atomic E-state index is 13.4. The number of aryl methyl sites for hydroxylation is 1. The molecule has 3 aromatic heterocycles. The maximum absolute atomic E-state index is 13.4. The van der Waals surface area contributed by atoms with Gasteiger partial charge in [-0.15, -0.1) is 21.5 Å². The van der Waals surface area contributed by atoms with E-state index in [1.165, 1.54) is 37.0 Å². The molecule has 0 radical (unpaired) electrons. The lowest BCUT2D eigenvalue weighted by Gasteiger charge is -2.30. The van der Waals surface area contributed by atoms with Gasteiger partial charge in [-0.3, -0.25) is 4.79 Å². The Bertz CT molecular complexity index is 1370. The van der Waals surface area contributed by atoms with Gasteiger partial charge >= 0.3 is 6.18 Å². The highest BCUT2D eigenvalue weighted by molar-refractivity contribution is 7.18. The van der Waals surface area contributed by atoms with Gasteiger partial charge < -0.3 is 19.7 Å². The van der Waals surface area contributed by atoms with Gasteiger partial charge in [-0.1, -0.05) is 32.6 Å². The molecule has 1 atom stereocenters. The minimum atomic E-state index is -4.54. The van der Waals surface area contributed by atoms with Crippen molar-refractivity contribution in [2.24, 2.45) is 11.8 Å². The van der Waals surface area contributed by atoms with E-state index in [1.807, 2.05) is 4.90 Å². The summed E-state index contributed by atoms with van der Waals surface area (Å²) in [6.07, 6.45) is 4.31. The minimum absolute atomic E-state index is 0.103. The smallest absolute Gasteiger partial charge is 0.356 e. The largest absolute Gasteiger partial charge is 0.451 e. The van der Waals surface area contributed by atoms with E-state index in [0.29, 0.717) is 37.3 Å². The second-order valence-electron chi connectivity index (χ2n) is 11.2. The second-order valence-corrected chi connectivity index (χ2v) is 12.3. The second kappa shape index (κ2) is 11.1. The number of nitrogens with zero attached hydrogens (tertiary/aromatic N) is 7. The number of hydrogen-bond acceptors (Lipinski definition) is 8. The number of carbonyl (C=O) groups excluding carboxylic acids is 1. The summed E-state index contributed by atoms with van der Waals surface area (Å²) in [6.45, 7) is 4.77. The third kappa shape index (κ3) is 5.48. The zero-order valence-electron chi connectivity index (χ0n) is 22.7. The maximum Gasteiger partial charge on any atom is 0.451 e. The highest BCUT2D eigenvalue weighted by Gasteiger charge is 2.40. The molecule has 1 saturated carbocycles. The predicted molar refractivity (Wildman–Crippen MR) is 147 cm³/mol. The SMILES string of the molecule is CCCc1cc2c(N3CCn4c(nnc4C(F)(F)F)C3)nc(N3CC[C@H](C(=O)NCC4CCCCC4)C3)nc2s1. The Hall–Kier alpha value is -2.96. The van der Waals surface area contributed by atoms with Crippen molar-refractivity contribution in [2.45, 2.75) is 77.6 Å². The van der Waals surface area contributed by atoms with Crippen molar-refractivity contribution in [3.05, 3.63) is 22.6 Å². The molecule has 9 nitrogen and oxygen atoms in total. The Morgan fingerprint density at radius 3 is 2.67 bits per heavy atom. The molecule has 5 heterocycles. The number of rotatable bonds is 7. The highest BCUT2D eigenvalue weighted by Crippen LogP contribution is 2.37. The molecule has 216 valence electrons. The Labute approximate surface area is 235 Å². The van der Waals surface area contributed by atoms with Gasteiger partial charge in [0.05, 0.1) is 17.8 Å². The summed E-state index contributed by atoms with van der Waals surface area (Å²) in [4.78, 5) is 28.9. The Morgan fingerprint density at radius 2 is 1.90 bits per heavy atom. The summed E-state index contributed by atoms with van der Waals surface area (Å²) < 4.78 is 41.3. The summed E-state index contributed by atoms with van der Waals surface area (Å²) in [5, 5.41) is 11.4. The van der Waals surface area contributed by atoms with E-state index in [2.05, 4.69) is 33.4 Å². The summed E-state index contributed by atoms with van der Waals surface area (Å²) in [5.41, 5.74) is 0. The number of nitrogens with one attached hydrogen (secondary N) is 1. The van der Waals surface area contributed by atoms with Gasteiger partial charge in [0.25, 0.3) is 0 Å². The molecular weight excluding hydrogens is 541 g/mol. The predicted octanol–water partition coefficient (Wildman–Crippen LogP) is 4.80. The molecule has 0 spiro atoms. The highest BCUT2D eigenvalue weighted by atomic mass is 32.1. The lowest BCUT2D eigenvalue weighted by atomic mass is 9.89. The fourth-order valence-electron chi connectivity index (χ4n) is 6.18.